The van der Waals surface area contributed by atoms with E-state index in [1.165, 1.54) is 11.1 Å². The number of benzene rings is 4. The maximum absolute atomic E-state index is 13.2. The number of carbonyl (C=O) groups is 2. The predicted octanol–water partition coefficient (Wildman–Crippen LogP) is 5.53. The summed E-state index contributed by atoms with van der Waals surface area (Å²) in [7, 11) is 3.70. The molecule has 0 saturated carbocycles. The predicted molar refractivity (Wildman–Crippen MR) is 152 cm³/mol. The molecule has 0 bridgehead atoms. The van der Waals surface area contributed by atoms with Crippen LogP contribution in [0.2, 0.25) is 0 Å². The van der Waals surface area contributed by atoms with Gasteiger partial charge in [0.1, 0.15) is 5.92 Å². The van der Waals surface area contributed by atoms with E-state index in [1.807, 2.05) is 48.5 Å². The monoisotopic (exact) mass is 502 g/mol. The van der Waals surface area contributed by atoms with E-state index in [2.05, 4.69) is 59.0 Å². The Hall–Kier alpha value is -4.55. The van der Waals surface area contributed by atoms with Crippen LogP contribution in [0.3, 0.4) is 0 Å². The van der Waals surface area contributed by atoms with E-state index in [0.29, 0.717) is 17.0 Å². The van der Waals surface area contributed by atoms with Crippen LogP contribution in [0.1, 0.15) is 38.5 Å². The summed E-state index contributed by atoms with van der Waals surface area (Å²) in [4.78, 5) is 32.8. The standard InChI is InChI=1S/C32H30N4O2/c1-33-31(37)25-15-18-28-27(19-25)29(32(38)35-28)30(24-11-7-4-8-12-24)34-26-16-13-23(14-17-26)21-36(2)20-22-9-5-3-6-10-22/h3-19,29H,20-21H2,1-2H3,(H,33,37)(H,35,38). The van der Waals surface area contributed by atoms with Gasteiger partial charge in [0, 0.05) is 31.4 Å². The minimum absolute atomic E-state index is 0.157. The summed E-state index contributed by atoms with van der Waals surface area (Å²) < 4.78 is 0. The van der Waals surface area contributed by atoms with Crippen LogP contribution in [0.25, 0.3) is 0 Å². The maximum Gasteiger partial charge on any atom is 0.251 e. The zero-order valence-electron chi connectivity index (χ0n) is 21.5. The van der Waals surface area contributed by atoms with E-state index >= 15 is 0 Å². The fourth-order valence-electron chi connectivity index (χ4n) is 4.80. The van der Waals surface area contributed by atoms with Gasteiger partial charge in [0.15, 0.2) is 0 Å². The second kappa shape index (κ2) is 11.2. The molecule has 38 heavy (non-hydrogen) atoms. The van der Waals surface area contributed by atoms with Gasteiger partial charge in [-0.25, -0.2) is 0 Å². The van der Waals surface area contributed by atoms with Crippen LogP contribution in [-0.2, 0) is 17.9 Å². The summed E-state index contributed by atoms with van der Waals surface area (Å²) in [6.45, 7) is 1.68. The van der Waals surface area contributed by atoms with Crippen molar-refractivity contribution in [3.8, 4) is 0 Å². The molecule has 2 amide bonds. The number of anilines is 1. The molecule has 2 N–H and O–H groups in total. The van der Waals surface area contributed by atoms with Gasteiger partial charge in [-0.2, -0.15) is 0 Å². The molecule has 0 spiro atoms. The van der Waals surface area contributed by atoms with Crippen LogP contribution in [0.15, 0.2) is 108 Å². The number of hydrogen-bond donors (Lipinski definition) is 2. The highest BCUT2D eigenvalue weighted by Crippen LogP contribution is 2.37. The van der Waals surface area contributed by atoms with E-state index in [-0.39, 0.29) is 11.8 Å². The van der Waals surface area contributed by atoms with Gasteiger partial charge in [-0.15, -0.1) is 0 Å². The van der Waals surface area contributed by atoms with Crippen LogP contribution >= 0.6 is 0 Å². The summed E-state index contributed by atoms with van der Waals surface area (Å²) in [5.74, 6) is -0.985. The number of hydrogen-bond acceptors (Lipinski definition) is 4. The molecule has 6 nitrogen and oxygen atoms in total. The normalized spacial score (nSPS) is 14.8. The second-order valence-corrected chi connectivity index (χ2v) is 9.49. The molecular formula is C32H30N4O2. The molecule has 0 aliphatic carbocycles. The van der Waals surface area contributed by atoms with Gasteiger partial charge in [-0.05, 0) is 59.6 Å². The molecule has 0 fully saturated rings. The van der Waals surface area contributed by atoms with Gasteiger partial charge in [0.05, 0.1) is 11.4 Å². The van der Waals surface area contributed by atoms with Gasteiger partial charge >= 0.3 is 0 Å². The van der Waals surface area contributed by atoms with Crippen molar-refractivity contribution in [1.29, 1.82) is 0 Å². The summed E-state index contributed by atoms with van der Waals surface area (Å²) in [6.07, 6.45) is 0. The Balaban J connectivity index is 1.44. The molecule has 0 saturated heterocycles. The number of nitrogens with zero attached hydrogens (tertiary/aromatic N) is 2. The average Bonchev–Trinajstić information content (AvgIpc) is 3.27. The first-order chi connectivity index (χ1) is 18.5. The molecule has 1 aliphatic rings. The Morgan fingerprint density at radius 3 is 2.13 bits per heavy atom. The fourth-order valence-corrected chi connectivity index (χ4v) is 4.80. The van der Waals surface area contributed by atoms with E-state index in [0.717, 1.165) is 29.9 Å². The average molecular weight is 503 g/mol. The van der Waals surface area contributed by atoms with Crippen molar-refractivity contribution in [2.75, 3.05) is 19.4 Å². The number of fused-ring (bicyclic) bond motifs is 1. The smallest absolute Gasteiger partial charge is 0.251 e. The highest BCUT2D eigenvalue weighted by molar-refractivity contribution is 6.24. The quantitative estimate of drug-likeness (QED) is 0.311. The lowest BCUT2D eigenvalue weighted by molar-refractivity contribution is -0.115. The lowest BCUT2D eigenvalue weighted by Gasteiger charge is -2.17. The van der Waals surface area contributed by atoms with Crippen molar-refractivity contribution in [3.63, 3.8) is 0 Å². The number of aliphatic imine (C=N–C) groups is 1. The third kappa shape index (κ3) is 5.56. The molecule has 1 atom stereocenters. The summed E-state index contributed by atoms with van der Waals surface area (Å²) >= 11 is 0. The zero-order valence-corrected chi connectivity index (χ0v) is 21.5. The molecule has 6 heteroatoms. The number of amides is 2. The highest BCUT2D eigenvalue weighted by atomic mass is 16.2. The Labute approximate surface area is 223 Å². The van der Waals surface area contributed by atoms with Crippen molar-refractivity contribution in [2.24, 2.45) is 4.99 Å². The van der Waals surface area contributed by atoms with E-state index < -0.39 is 5.92 Å². The molecule has 5 rings (SSSR count). The van der Waals surface area contributed by atoms with Gasteiger partial charge in [0.2, 0.25) is 5.91 Å². The topological polar surface area (TPSA) is 73.8 Å². The van der Waals surface area contributed by atoms with E-state index in [1.54, 1.807) is 25.2 Å². The molecule has 190 valence electrons. The lowest BCUT2D eigenvalue weighted by atomic mass is 9.89. The Bertz CT molecular complexity index is 1460. The summed E-state index contributed by atoms with van der Waals surface area (Å²) in [6, 6.07) is 33.5. The van der Waals surface area contributed by atoms with Gasteiger partial charge in [0.25, 0.3) is 5.91 Å². The molecule has 4 aromatic carbocycles. The molecule has 4 aromatic rings. The number of carbonyl (C=O) groups excluding carboxylic acids is 2. The van der Waals surface area contributed by atoms with E-state index in [9.17, 15) is 9.59 Å². The molecular weight excluding hydrogens is 472 g/mol. The SMILES string of the molecule is CNC(=O)c1ccc2c(c1)C(C(=Nc1ccc(CN(C)Cc3ccccc3)cc1)c1ccccc1)C(=O)N2. The van der Waals surface area contributed by atoms with Gasteiger partial charge < -0.3 is 10.6 Å². The van der Waals surface area contributed by atoms with Crippen LogP contribution in [-0.4, -0.2) is 36.5 Å². The van der Waals surface area contributed by atoms with E-state index in [4.69, 9.17) is 4.99 Å². The first-order valence-electron chi connectivity index (χ1n) is 12.6. The Kier molecular flexibility index (Phi) is 7.43. The summed E-state index contributed by atoms with van der Waals surface area (Å²) in [5.41, 5.74) is 6.68. The first kappa shape index (κ1) is 25.1. The molecule has 0 aromatic heterocycles. The van der Waals surface area contributed by atoms with Gasteiger partial charge in [-0.1, -0.05) is 72.8 Å². The van der Waals surface area contributed by atoms with Crippen molar-refractivity contribution < 1.29 is 9.59 Å². The van der Waals surface area contributed by atoms with Crippen molar-refractivity contribution in [2.45, 2.75) is 19.0 Å². The maximum atomic E-state index is 13.2. The Morgan fingerprint density at radius 1 is 0.842 bits per heavy atom. The molecule has 0 radical (unpaired) electrons. The largest absolute Gasteiger partial charge is 0.355 e. The third-order valence-electron chi connectivity index (χ3n) is 6.65. The summed E-state index contributed by atoms with van der Waals surface area (Å²) in [5, 5.41) is 5.61. The van der Waals surface area contributed by atoms with Crippen LogP contribution in [0.4, 0.5) is 11.4 Å². The number of nitrogens with one attached hydrogen (secondary N) is 2. The van der Waals surface area contributed by atoms with Gasteiger partial charge in [-0.3, -0.25) is 19.5 Å². The Morgan fingerprint density at radius 2 is 1.47 bits per heavy atom. The second-order valence-electron chi connectivity index (χ2n) is 9.49. The first-order valence-corrected chi connectivity index (χ1v) is 12.6. The van der Waals surface area contributed by atoms with Crippen molar-refractivity contribution in [1.82, 2.24) is 10.2 Å². The fraction of sp³-hybridized carbons (Fsp3) is 0.156. The zero-order chi connectivity index (χ0) is 26.5. The minimum Gasteiger partial charge on any atom is -0.355 e. The van der Waals surface area contributed by atoms with Crippen LogP contribution in [0.5, 0.6) is 0 Å². The van der Waals surface area contributed by atoms with Crippen LogP contribution in [0, 0.1) is 0 Å². The third-order valence-corrected chi connectivity index (χ3v) is 6.65. The molecule has 1 heterocycles. The number of rotatable bonds is 8. The van der Waals surface area contributed by atoms with Crippen molar-refractivity contribution in [3.05, 3.63) is 131 Å². The highest BCUT2D eigenvalue weighted by Gasteiger charge is 2.36. The van der Waals surface area contributed by atoms with Crippen molar-refractivity contribution >= 4 is 28.9 Å². The molecule has 1 aliphatic heterocycles. The minimum atomic E-state index is -0.631. The lowest BCUT2D eigenvalue weighted by Crippen LogP contribution is -2.22. The molecule has 1 unspecified atom stereocenters. The van der Waals surface area contributed by atoms with Crippen LogP contribution < -0.4 is 10.6 Å².